The van der Waals surface area contributed by atoms with Gasteiger partial charge in [-0.25, -0.2) is 0 Å². The lowest BCUT2D eigenvalue weighted by Crippen LogP contribution is -2.30. The molecule has 4 nitrogen and oxygen atoms in total. The second kappa shape index (κ2) is 7.61. The highest BCUT2D eigenvalue weighted by Gasteiger charge is 2.33. The van der Waals surface area contributed by atoms with E-state index in [9.17, 15) is 18.0 Å². The Hall–Kier alpha value is -2.52. The van der Waals surface area contributed by atoms with Crippen LogP contribution in [-0.2, 0) is 4.79 Å². The van der Waals surface area contributed by atoms with Gasteiger partial charge in [-0.3, -0.25) is 9.69 Å². The van der Waals surface area contributed by atoms with Crippen molar-refractivity contribution in [2.24, 2.45) is 0 Å². The topological polar surface area (TPSA) is 41.6 Å². The molecule has 0 aromatic heterocycles. The van der Waals surface area contributed by atoms with Gasteiger partial charge >= 0.3 is 6.36 Å². The average Bonchev–Trinajstić information content (AvgIpc) is 2.89. The number of thiocarbonyl (C=S) groups is 1. The van der Waals surface area contributed by atoms with Crippen LogP contribution in [0.5, 0.6) is 5.75 Å². The van der Waals surface area contributed by atoms with Gasteiger partial charge in [-0.1, -0.05) is 12.1 Å². The van der Waals surface area contributed by atoms with Gasteiger partial charge in [0.25, 0.3) is 5.91 Å². The minimum Gasteiger partial charge on any atom is -0.406 e. The number of rotatable bonds is 4. The molecule has 2 aromatic carbocycles. The van der Waals surface area contributed by atoms with E-state index >= 15 is 0 Å². The van der Waals surface area contributed by atoms with E-state index in [-0.39, 0.29) is 16.6 Å². The Morgan fingerprint density at radius 3 is 2.30 bits per heavy atom. The number of thioether (sulfide) groups is 1. The summed E-state index contributed by atoms with van der Waals surface area (Å²) >= 11 is 6.80. The van der Waals surface area contributed by atoms with Crippen molar-refractivity contribution in [1.82, 2.24) is 5.32 Å². The summed E-state index contributed by atoms with van der Waals surface area (Å²) in [6, 6.07) is 12.6. The summed E-state index contributed by atoms with van der Waals surface area (Å²) in [5.74, 6) is -0.764. The number of ether oxygens (including phenoxy) is 1. The van der Waals surface area contributed by atoms with Gasteiger partial charge in [-0.15, -0.1) is 24.9 Å². The zero-order valence-corrected chi connectivity index (χ0v) is 15.5. The van der Waals surface area contributed by atoms with Crippen LogP contribution < -0.4 is 15.0 Å². The number of hydrogen-bond acceptors (Lipinski definition) is 4. The lowest BCUT2D eigenvalue weighted by atomic mass is 10.2. The number of alkyl halides is 3. The highest BCUT2D eigenvalue weighted by molar-refractivity contribution is 7.98. The Morgan fingerprint density at radius 2 is 1.74 bits per heavy atom. The maximum atomic E-state index is 12.6. The number of carbonyl (C=O) groups is 1. The highest BCUT2D eigenvalue weighted by atomic mass is 32.2. The maximum absolute atomic E-state index is 12.6. The minimum atomic E-state index is -4.77. The van der Waals surface area contributed by atoms with Gasteiger partial charge in [0.15, 0.2) is 5.11 Å². The smallest absolute Gasteiger partial charge is 0.406 e. The van der Waals surface area contributed by atoms with Crippen molar-refractivity contribution < 1.29 is 22.7 Å². The Labute approximate surface area is 163 Å². The molecule has 0 atom stereocenters. The van der Waals surface area contributed by atoms with Crippen molar-refractivity contribution in [2.75, 3.05) is 11.2 Å². The SMILES string of the molecule is CSc1ccc(/C=C2\NC(=S)N(c3ccc(OC(F)(F)F)cc3)C2=O)cc1. The summed E-state index contributed by atoms with van der Waals surface area (Å²) < 4.78 is 40.6. The standard InChI is InChI=1S/C18H13F3N2O2S2/c1-27-14-8-2-11(3-9-14)10-15-16(24)23(17(26)22-15)12-4-6-13(7-5-12)25-18(19,20)21/h2-10H,1H3,(H,22,26)/b15-10-. The lowest BCUT2D eigenvalue weighted by molar-refractivity contribution is -0.274. The number of hydrogen-bond donors (Lipinski definition) is 1. The fourth-order valence-corrected chi connectivity index (χ4v) is 3.14. The van der Waals surface area contributed by atoms with Crippen molar-refractivity contribution in [2.45, 2.75) is 11.3 Å². The van der Waals surface area contributed by atoms with Crippen LogP contribution >= 0.6 is 24.0 Å². The summed E-state index contributed by atoms with van der Waals surface area (Å²) in [5.41, 5.74) is 1.45. The third kappa shape index (κ3) is 4.61. The predicted molar refractivity (Wildman–Crippen MR) is 103 cm³/mol. The van der Waals surface area contributed by atoms with Gasteiger partial charge in [0.2, 0.25) is 0 Å². The number of carbonyl (C=O) groups excluding carboxylic acids is 1. The number of nitrogens with zero attached hydrogens (tertiary/aromatic N) is 1. The van der Waals surface area contributed by atoms with Crippen LogP contribution in [0.2, 0.25) is 0 Å². The molecule has 27 heavy (non-hydrogen) atoms. The zero-order chi connectivity index (χ0) is 19.6. The largest absolute Gasteiger partial charge is 0.573 e. The van der Waals surface area contributed by atoms with Gasteiger partial charge in [0.1, 0.15) is 11.4 Å². The van der Waals surface area contributed by atoms with Crippen LogP contribution in [0.3, 0.4) is 0 Å². The molecule has 1 aliphatic heterocycles. The Balaban J connectivity index is 1.80. The first-order valence-corrected chi connectivity index (χ1v) is 9.27. The van der Waals surface area contributed by atoms with Crippen LogP contribution in [-0.4, -0.2) is 23.6 Å². The van der Waals surface area contributed by atoms with E-state index in [1.165, 1.54) is 17.0 Å². The van der Waals surface area contributed by atoms with Gasteiger partial charge in [-0.2, -0.15) is 0 Å². The first-order valence-electron chi connectivity index (χ1n) is 7.64. The maximum Gasteiger partial charge on any atom is 0.573 e. The van der Waals surface area contributed by atoms with Gasteiger partial charge in [0.05, 0.1) is 5.69 Å². The molecular formula is C18H13F3N2O2S2. The quantitative estimate of drug-likeness (QED) is 0.454. The second-order valence-electron chi connectivity index (χ2n) is 5.44. The van der Waals surface area contributed by atoms with E-state index in [1.54, 1.807) is 17.8 Å². The molecule has 0 saturated carbocycles. The molecule has 3 rings (SSSR count). The number of amides is 1. The van der Waals surface area contributed by atoms with Crippen molar-refractivity contribution in [3.05, 3.63) is 59.8 Å². The van der Waals surface area contributed by atoms with E-state index in [2.05, 4.69) is 10.1 Å². The van der Waals surface area contributed by atoms with Crippen molar-refractivity contribution in [3.8, 4) is 5.75 Å². The monoisotopic (exact) mass is 410 g/mol. The van der Waals surface area contributed by atoms with Crippen molar-refractivity contribution in [3.63, 3.8) is 0 Å². The molecule has 0 unspecified atom stereocenters. The van der Waals surface area contributed by atoms with E-state index in [4.69, 9.17) is 12.2 Å². The van der Waals surface area contributed by atoms with E-state index in [1.807, 2.05) is 30.5 Å². The first-order chi connectivity index (χ1) is 12.8. The van der Waals surface area contributed by atoms with Crippen LogP contribution in [0, 0.1) is 0 Å². The van der Waals surface area contributed by atoms with Crippen LogP contribution in [0.15, 0.2) is 59.1 Å². The molecule has 0 spiro atoms. The lowest BCUT2D eigenvalue weighted by Gasteiger charge is -2.15. The summed E-state index contributed by atoms with van der Waals surface area (Å²) in [5, 5.41) is 2.98. The normalized spacial score (nSPS) is 16.0. The van der Waals surface area contributed by atoms with Crippen LogP contribution in [0.1, 0.15) is 5.56 Å². The number of halogens is 3. The molecule has 1 aliphatic rings. The molecule has 2 aromatic rings. The third-order valence-corrected chi connectivity index (χ3v) is 4.66. The molecule has 0 radical (unpaired) electrons. The molecule has 1 amide bonds. The highest BCUT2D eigenvalue weighted by Crippen LogP contribution is 2.28. The molecule has 140 valence electrons. The van der Waals surface area contributed by atoms with Crippen molar-refractivity contribution in [1.29, 1.82) is 0 Å². The summed E-state index contributed by atoms with van der Waals surface area (Å²) in [4.78, 5) is 15.0. The molecule has 0 aliphatic carbocycles. The van der Waals surface area contributed by atoms with Gasteiger partial charge in [0, 0.05) is 4.90 Å². The molecule has 1 heterocycles. The van der Waals surface area contributed by atoms with E-state index < -0.39 is 12.3 Å². The first kappa shape index (κ1) is 19.2. The fourth-order valence-electron chi connectivity index (χ4n) is 2.43. The number of nitrogens with one attached hydrogen (secondary N) is 1. The summed E-state index contributed by atoms with van der Waals surface area (Å²) in [6.45, 7) is 0. The molecular weight excluding hydrogens is 397 g/mol. The molecule has 1 saturated heterocycles. The third-order valence-electron chi connectivity index (χ3n) is 3.63. The van der Waals surface area contributed by atoms with E-state index in [0.29, 0.717) is 5.69 Å². The Morgan fingerprint density at radius 1 is 1.11 bits per heavy atom. The van der Waals surface area contributed by atoms with Crippen LogP contribution in [0.4, 0.5) is 18.9 Å². The molecule has 9 heteroatoms. The average molecular weight is 410 g/mol. The predicted octanol–water partition coefficient (Wildman–Crippen LogP) is 4.57. The second-order valence-corrected chi connectivity index (χ2v) is 6.71. The fraction of sp³-hybridized carbons (Fsp3) is 0.111. The van der Waals surface area contributed by atoms with Crippen molar-refractivity contribution >= 4 is 46.8 Å². The minimum absolute atomic E-state index is 0.150. The van der Waals surface area contributed by atoms with Crippen LogP contribution in [0.25, 0.3) is 6.08 Å². The summed E-state index contributed by atoms with van der Waals surface area (Å²) in [7, 11) is 0. The van der Waals surface area contributed by atoms with E-state index in [0.717, 1.165) is 22.6 Å². The van der Waals surface area contributed by atoms with Gasteiger partial charge in [-0.05, 0) is 66.5 Å². The zero-order valence-electron chi connectivity index (χ0n) is 13.9. The molecule has 1 N–H and O–H groups in total. The summed E-state index contributed by atoms with van der Waals surface area (Å²) in [6.07, 6.45) is -1.14. The molecule has 0 bridgehead atoms. The number of benzene rings is 2. The Kier molecular flexibility index (Phi) is 5.43. The number of anilines is 1. The Bertz CT molecular complexity index is 894. The molecule has 1 fully saturated rings. The van der Waals surface area contributed by atoms with Gasteiger partial charge < -0.3 is 10.1 Å².